The second kappa shape index (κ2) is 10.2. The highest BCUT2D eigenvalue weighted by Crippen LogP contribution is 2.54. The summed E-state index contributed by atoms with van der Waals surface area (Å²) in [5.74, 6) is 0. The molecular formula is C26H23Cl3N4O2S. The van der Waals surface area contributed by atoms with Gasteiger partial charge in [0.25, 0.3) is 0 Å². The molecule has 0 aromatic heterocycles. The first-order valence-electron chi connectivity index (χ1n) is 10.8. The van der Waals surface area contributed by atoms with Gasteiger partial charge >= 0.3 is 0 Å². The maximum Gasteiger partial charge on any atom is 0.241 e. The molecule has 6 nitrogen and oxygen atoms in total. The van der Waals surface area contributed by atoms with Crippen LogP contribution in [0.4, 0.5) is 17.1 Å². The zero-order chi connectivity index (χ0) is 26.2. The molecule has 0 amide bonds. The molecule has 0 atom stereocenters. The molecule has 186 valence electrons. The van der Waals surface area contributed by atoms with Crippen molar-refractivity contribution < 1.29 is 8.42 Å². The first-order chi connectivity index (χ1) is 17.1. The Morgan fingerprint density at radius 2 is 1.44 bits per heavy atom. The molecule has 0 bridgehead atoms. The lowest BCUT2D eigenvalue weighted by Crippen LogP contribution is -2.21. The van der Waals surface area contributed by atoms with Crippen molar-refractivity contribution in [3.63, 3.8) is 0 Å². The predicted octanol–water partition coefficient (Wildman–Crippen LogP) is 6.76. The van der Waals surface area contributed by atoms with Crippen molar-refractivity contribution in [2.24, 2.45) is 0 Å². The molecule has 0 saturated carbocycles. The van der Waals surface area contributed by atoms with Crippen molar-refractivity contribution >= 4 is 61.9 Å². The van der Waals surface area contributed by atoms with Gasteiger partial charge in [0.05, 0.1) is 26.3 Å². The number of rotatable bonds is 6. The summed E-state index contributed by atoms with van der Waals surface area (Å²) in [5.41, 5.74) is 16.0. The minimum Gasteiger partial charge on any atom is -0.399 e. The van der Waals surface area contributed by atoms with Crippen LogP contribution in [0, 0.1) is 0 Å². The molecule has 0 saturated heterocycles. The number of halogens is 3. The third-order valence-electron chi connectivity index (χ3n) is 5.80. The van der Waals surface area contributed by atoms with Crippen LogP contribution in [0.2, 0.25) is 15.1 Å². The Morgan fingerprint density at radius 3 is 2.08 bits per heavy atom. The van der Waals surface area contributed by atoms with Crippen LogP contribution in [-0.4, -0.2) is 22.5 Å². The highest BCUT2D eigenvalue weighted by atomic mass is 35.5. The van der Waals surface area contributed by atoms with E-state index < -0.39 is 10.0 Å². The molecule has 0 aliphatic heterocycles. The minimum absolute atomic E-state index is 0.0683. The van der Waals surface area contributed by atoms with Gasteiger partial charge < -0.3 is 16.8 Å². The summed E-state index contributed by atoms with van der Waals surface area (Å²) >= 11 is 20.3. The van der Waals surface area contributed by atoms with Crippen LogP contribution < -0.4 is 21.5 Å². The molecule has 4 rings (SSSR count). The molecule has 6 N–H and O–H groups in total. The van der Waals surface area contributed by atoms with E-state index in [-0.39, 0.29) is 25.5 Å². The van der Waals surface area contributed by atoms with Gasteiger partial charge in [0.15, 0.2) is 0 Å². The Balaban J connectivity index is 2.37. The standard InChI is InChI=1S/C26H23Cl3N4O2S/c1-32-25-21(16-9-6-10-19(31)23(16)28)20(14-7-4-3-5-8-14)26(36(34,35)33-2)22(24(25)29)17-13-15(30)11-12-18(17)27/h3-13,32-33H,30-31H2,1-2H3. The molecule has 36 heavy (non-hydrogen) atoms. The van der Waals surface area contributed by atoms with E-state index in [9.17, 15) is 8.42 Å². The fraction of sp³-hybridized carbons (Fsp3) is 0.0769. The van der Waals surface area contributed by atoms with E-state index in [2.05, 4.69) is 10.0 Å². The van der Waals surface area contributed by atoms with Gasteiger partial charge in [-0.3, -0.25) is 0 Å². The van der Waals surface area contributed by atoms with Gasteiger partial charge in [0.1, 0.15) is 0 Å². The minimum atomic E-state index is -4.12. The van der Waals surface area contributed by atoms with Gasteiger partial charge in [-0.05, 0) is 36.9 Å². The second-order valence-corrected chi connectivity index (χ2v) is 10.9. The summed E-state index contributed by atoms with van der Waals surface area (Å²) < 4.78 is 29.9. The van der Waals surface area contributed by atoms with Gasteiger partial charge in [-0.25, -0.2) is 13.1 Å². The summed E-state index contributed by atoms with van der Waals surface area (Å²) in [5, 5.41) is 3.83. The van der Waals surface area contributed by atoms with Gasteiger partial charge in [-0.1, -0.05) is 77.3 Å². The third-order valence-corrected chi connectivity index (χ3v) is 8.41. The quantitative estimate of drug-likeness (QED) is 0.194. The van der Waals surface area contributed by atoms with Crippen molar-refractivity contribution in [1.29, 1.82) is 0 Å². The van der Waals surface area contributed by atoms with Crippen LogP contribution in [0.3, 0.4) is 0 Å². The van der Waals surface area contributed by atoms with Crippen molar-refractivity contribution in [2.45, 2.75) is 4.90 Å². The number of anilines is 3. The maximum atomic E-state index is 13.8. The average Bonchev–Trinajstić information content (AvgIpc) is 2.87. The number of hydrogen-bond donors (Lipinski definition) is 4. The second-order valence-electron chi connectivity index (χ2n) is 7.91. The van der Waals surface area contributed by atoms with Crippen LogP contribution in [0.15, 0.2) is 71.6 Å². The van der Waals surface area contributed by atoms with Crippen molar-refractivity contribution in [3.8, 4) is 33.4 Å². The lowest BCUT2D eigenvalue weighted by molar-refractivity contribution is 0.589. The van der Waals surface area contributed by atoms with E-state index in [1.165, 1.54) is 7.05 Å². The molecule has 0 unspecified atom stereocenters. The monoisotopic (exact) mass is 560 g/mol. The number of nitrogens with one attached hydrogen (secondary N) is 2. The topological polar surface area (TPSA) is 110 Å². The van der Waals surface area contributed by atoms with Crippen molar-refractivity contribution in [3.05, 3.63) is 81.8 Å². The Labute approximate surface area is 225 Å². The van der Waals surface area contributed by atoms with E-state index in [1.54, 1.807) is 43.4 Å². The molecule has 0 heterocycles. The smallest absolute Gasteiger partial charge is 0.241 e. The fourth-order valence-corrected chi connectivity index (χ4v) is 6.22. The first-order valence-corrected chi connectivity index (χ1v) is 13.4. The molecule has 10 heteroatoms. The van der Waals surface area contributed by atoms with E-state index in [0.717, 1.165) is 0 Å². The van der Waals surface area contributed by atoms with Gasteiger partial charge in [-0.2, -0.15) is 0 Å². The zero-order valence-corrected chi connectivity index (χ0v) is 22.4. The average molecular weight is 562 g/mol. The van der Waals surface area contributed by atoms with Crippen molar-refractivity contribution in [1.82, 2.24) is 4.72 Å². The van der Waals surface area contributed by atoms with E-state index >= 15 is 0 Å². The SMILES string of the molecule is CNc1c(Cl)c(-c2cc(N)ccc2Cl)c(S(=O)(=O)NC)c(-c2ccccc2)c1-c1cccc(N)c1Cl. The summed E-state index contributed by atoms with van der Waals surface area (Å²) in [4.78, 5) is -0.0683. The third kappa shape index (κ3) is 4.49. The zero-order valence-electron chi connectivity index (χ0n) is 19.4. The predicted molar refractivity (Wildman–Crippen MR) is 152 cm³/mol. The van der Waals surface area contributed by atoms with E-state index in [1.807, 2.05) is 30.3 Å². The molecule has 0 radical (unpaired) electrons. The molecular weight excluding hydrogens is 539 g/mol. The van der Waals surface area contributed by atoms with Crippen LogP contribution in [0.1, 0.15) is 0 Å². The number of nitrogen functional groups attached to an aromatic ring is 2. The van der Waals surface area contributed by atoms with Crippen LogP contribution in [0.25, 0.3) is 33.4 Å². The largest absolute Gasteiger partial charge is 0.399 e. The van der Waals surface area contributed by atoms with Crippen LogP contribution in [0.5, 0.6) is 0 Å². The Hall–Kier alpha value is -2.94. The molecule has 0 aliphatic carbocycles. The summed E-state index contributed by atoms with van der Waals surface area (Å²) in [7, 11) is -1.10. The molecule has 0 aliphatic rings. The van der Waals surface area contributed by atoms with E-state index in [0.29, 0.717) is 44.9 Å². The lowest BCUT2D eigenvalue weighted by atomic mass is 9.88. The van der Waals surface area contributed by atoms with E-state index in [4.69, 9.17) is 46.3 Å². The number of sulfonamides is 1. The van der Waals surface area contributed by atoms with Crippen LogP contribution in [-0.2, 0) is 10.0 Å². The molecule has 4 aromatic carbocycles. The number of hydrogen-bond acceptors (Lipinski definition) is 5. The Kier molecular flexibility index (Phi) is 7.41. The normalized spacial score (nSPS) is 11.5. The first kappa shape index (κ1) is 26.1. The van der Waals surface area contributed by atoms with Crippen molar-refractivity contribution in [2.75, 3.05) is 30.9 Å². The molecule has 0 fully saturated rings. The van der Waals surface area contributed by atoms with Gasteiger partial charge in [0, 0.05) is 45.6 Å². The highest BCUT2D eigenvalue weighted by molar-refractivity contribution is 7.89. The summed E-state index contributed by atoms with van der Waals surface area (Å²) in [6, 6.07) is 19.1. The number of nitrogens with two attached hydrogens (primary N) is 2. The highest BCUT2D eigenvalue weighted by Gasteiger charge is 2.33. The molecule has 0 spiro atoms. The number of benzene rings is 4. The Morgan fingerprint density at radius 1 is 0.750 bits per heavy atom. The summed E-state index contributed by atoms with van der Waals surface area (Å²) in [6.07, 6.45) is 0. The molecule has 4 aromatic rings. The summed E-state index contributed by atoms with van der Waals surface area (Å²) in [6.45, 7) is 0. The fourth-order valence-electron chi connectivity index (χ4n) is 4.17. The lowest BCUT2D eigenvalue weighted by Gasteiger charge is -2.26. The van der Waals surface area contributed by atoms with Gasteiger partial charge in [0.2, 0.25) is 10.0 Å². The Bertz CT molecular complexity index is 1580. The van der Waals surface area contributed by atoms with Gasteiger partial charge in [-0.15, -0.1) is 0 Å². The van der Waals surface area contributed by atoms with Crippen LogP contribution >= 0.6 is 34.8 Å². The maximum absolute atomic E-state index is 13.8.